The van der Waals surface area contributed by atoms with Crippen LogP contribution in [0.5, 0.6) is 0 Å². The Hall–Kier alpha value is -1.41. The van der Waals surface area contributed by atoms with E-state index in [2.05, 4.69) is 10.0 Å². The van der Waals surface area contributed by atoms with E-state index < -0.39 is 123 Å². The van der Waals surface area contributed by atoms with Crippen molar-refractivity contribution in [1.82, 2.24) is 0 Å². The Labute approximate surface area is 251 Å². The SMILES string of the molecule is [N-]=[N+]=NC[C@H]1O[C@H](O[C@H]2[C@H](O[C@@H]3O[C@H](CO)[C@@H](O[C@H]4O[C@@H](CN)[C@@H](O)[C@H](O)[C@H]4N)[C@H]3O)[C@@H](O)[C@H](N)C[C@@H]2N)[C@H](N)[C@@H](O)[C@@H]1O. The lowest BCUT2D eigenvalue weighted by molar-refractivity contribution is -0.306. The molecule has 0 aromatic heterocycles. The van der Waals surface area contributed by atoms with Crippen molar-refractivity contribution < 1.29 is 64.2 Å². The van der Waals surface area contributed by atoms with Gasteiger partial charge in [0.2, 0.25) is 0 Å². The van der Waals surface area contributed by atoms with Crippen LogP contribution >= 0.6 is 0 Å². The van der Waals surface area contributed by atoms with E-state index in [1.54, 1.807) is 0 Å². The molecule has 4 fully saturated rings. The molecule has 0 aromatic rings. The Kier molecular flexibility index (Phi) is 12.1. The van der Waals surface area contributed by atoms with Gasteiger partial charge in [-0.05, 0) is 12.0 Å². The van der Waals surface area contributed by atoms with Gasteiger partial charge in [-0.1, -0.05) is 5.11 Å². The molecule has 3 saturated heterocycles. The van der Waals surface area contributed by atoms with Crippen LogP contribution in [-0.4, -0.2) is 172 Å². The fourth-order valence-corrected chi connectivity index (χ4v) is 5.82. The van der Waals surface area contributed by atoms with Crippen molar-refractivity contribution in [2.45, 2.75) is 123 Å². The van der Waals surface area contributed by atoms with Gasteiger partial charge in [-0.25, -0.2) is 0 Å². The fraction of sp³-hybridized carbons (Fsp3) is 1.00. The third-order valence-electron chi connectivity index (χ3n) is 8.46. The number of aliphatic hydroxyl groups excluding tert-OH is 7. The summed E-state index contributed by atoms with van der Waals surface area (Å²) in [6.45, 7) is -1.20. The summed E-state index contributed by atoms with van der Waals surface area (Å²) >= 11 is 0. The summed E-state index contributed by atoms with van der Waals surface area (Å²) in [6.07, 6.45) is -20.7. The second kappa shape index (κ2) is 15.0. The van der Waals surface area contributed by atoms with Crippen LogP contribution in [0.4, 0.5) is 0 Å². The quantitative estimate of drug-likeness (QED) is 0.0599. The second-order valence-corrected chi connectivity index (χ2v) is 11.4. The number of hydrogen-bond acceptors (Lipinski definition) is 19. The molecule has 19 atom stereocenters. The Bertz CT molecular complexity index is 986. The molecular formula is C23H44N8O13. The van der Waals surface area contributed by atoms with Gasteiger partial charge < -0.3 is 92.8 Å². The van der Waals surface area contributed by atoms with Crippen LogP contribution in [0.15, 0.2) is 5.11 Å². The number of aliphatic hydroxyl groups is 7. The Morgan fingerprint density at radius 1 is 0.659 bits per heavy atom. The molecule has 3 heterocycles. The molecule has 1 aliphatic carbocycles. The van der Waals surface area contributed by atoms with Crippen molar-refractivity contribution in [2.75, 3.05) is 19.7 Å². The van der Waals surface area contributed by atoms with Gasteiger partial charge in [0.1, 0.15) is 61.0 Å². The minimum atomic E-state index is -1.64. The summed E-state index contributed by atoms with van der Waals surface area (Å²) in [4.78, 5) is 2.61. The highest BCUT2D eigenvalue weighted by atomic mass is 16.8. The summed E-state index contributed by atoms with van der Waals surface area (Å²) in [6, 6.07) is -4.37. The van der Waals surface area contributed by atoms with Crippen LogP contribution in [-0.2, 0) is 28.4 Å². The highest BCUT2D eigenvalue weighted by Gasteiger charge is 2.54. The first-order valence-electron chi connectivity index (χ1n) is 14.2. The van der Waals surface area contributed by atoms with Gasteiger partial charge in [0.15, 0.2) is 18.9 Å². The van der Waals surface area contributed by atoms with Gasteiger partial charge in [0, 0.05) is 23.5 Å². The third kappa shape index (κ3) is 7.11. The van der Waals surface area contributed by atoms with Gasteiger partial charge in [0.05, 0.1) is 37.4 Å². The molecular weight excluding hydrogens is 596 g/mol. The van der Waals surface area contributed by atoms with Gasteiger partial charge in [-0.3, -0.25) is 0 Å². The minimum absolute atomic E-state index is 0.0491. The van der Waals surface area contributed by atoms with Crippen molar-refractivity contribution in [2.24, 2.45) is 33.8 Å². The van der Waals surface area contributed by atoms with Crippen molar-refractivity contribution in [3.8, 4) is 0 Å². The molecule has 17 N–H and O–H groups in total. The van der Waals surface area contributed by atoms with Crippen molar-refractivity contribution in [1.29, 1.82) is 0 Å². The summed E-state index contributed by atoms with van der Waals surface area (Å²) in [7, 11) is 0. The van der Waals surface area contributed by atoms with Gasteiger partial charge in [0.25, 0.3) is 0 Å². The highest BCUT2D eigenvalue weighted by Crippen LogP contribution is 2.34. The predicted octanol–water partition coefficient (Wildman–Crippen LogP) is -7.54. The van der Waals surface area contributed by atoms with Crippen LogP contribution in [0, 0.1) is 0 Å². The molecule has 4 aliphatic rings. The van der Waals surface area contributed by atoms with Crippen molar-refractivity contribution >= 4 is 0 Å². The molecule has 0 spiro atoms. The zero-order valence-electron chi connectivity index (χ0n) is 23.6. The lowest BCUT2D eigenvalue weighted by Crippen LogP contribution is -2.68. The summed E-state index contributed by atoms with van der Waals surface area (Å²) in [5, 5.41) is 76.6. The van der Waals surface area contributed by atoms with Crippen molar-refractivity contribution in [3.63, 3.8) is 0 Å². The molecule has 1 saturated carbocycles. The van der Waals surface area contributed by atoms with Crippen LogP contribution < -0.4 is 28.7 Å². The average molecular weight is 641 g/mol. The first kappa shape index (κ1) is 35.4. The van der Waals surface area contributed by atoms with E-state index in [0.717, 1.165) is 0 Å². The summed E-state index contributed by atoms with van der Waals surface area (Å²) < 4.78 is 34.6. The second-order valence-electron chi connectivity index (χ2n) is 11.4. The molecule has 44 heavy (non-hydrogen) atoms. The van der Waals surface area contributed by atoms with E-state index in [1.807, 2.05) is 0 Å². The molecule has 21 nitrogen and oxygen atoms in total. The Morgan fingerprint density at radius 3 is 1.75 bits per heavy atom. The number of nitrogens with zero attached hydrogens (tertiary/aromatic N) is 3. The van der Waals surface area contributed by atoms with E-state index in [0.29, 0.717) is 0 Å². The molecule has 254 valence electrons. The molecule has 0 aromatic carbocycles. The van der Waals surface area contributed by atoms with E-state index >= 15 is 0 Å². The van der Waals surface area contributed by atoms with Gasteiger partial charge >= 0.3 is 0 Å². The maximum absolute atomic E-state index is 11.1. The minimum Gasteiger partial charge on any atom is -0.394 e. The zero-order valence-corrected chi connectivity index (χ0v) is 23.6. The number of ether oxygens (including phenoxy) is 6. The lowest BCUT2D eigenvalue weighted by Gasteiger charge is -2.47. The maximum Gasteiger partial charge on any atom is 0.187 e. The summed E-state index contributed by atoms with van der Waals surface area (Å²) in [5.74, 6) is 0. The standard InChI is InChI=1S/C23H44N8O13/c24-2-7-13(34)15(36)10(27)21(39-7)43-19-9(4-32)41-23(17(19)38)44-20-12(33)5(25)1-6(26)18(20)42-22-11(28)16(37)14(35)8(40-22)3-30-31-29/h5-23,32-38H,1-4,24-28H2/t5-,6+,7+,8-,9-,10-,11-,12+,13-,14-,15-,16-,17-,18-,19-,20-,21-,22-,23+/m1/s1. The van der Waals surface area contributed by atoms with Crippen LogP contribution in [0.1, 0.15) is 6.42 Å². The molecule has 4 rings (SSSR count). The number of nitrogens with two attached hydrogens (primary N) is 5. The topological polar surface area (TPSA) is 376 Å². The predicted molar refractivity (Wildman–Crippen MR) is 143 cm³/mol. The fourth-order valence-electron chi connectivity index (χ4n) is 5.82. The zero-order chi connectivity index (χ0) is 32.5. The van der Waals surface area contributed by atoms with Crippen LogP contribution in [0.3, 0.4) is 0 Å². The first-order valence-corrected chi connectivity index (χ1v) is 14.2. The highest BCUT2D eigenvalue weighted by molar-refractivity contribution is 5.02. The summed E-state index contributed by atoms with van der Waals surface area (Å²) in [5.41, 5.74) is 38.7. The molecule has 0 radical (unpaired) electrons. The third-order valence-corrected chi connectivity index (χ3v) is 8.46. The molecule has 0 amide bonds. The smallest absolute Gasteiger partial charge is 0.187 e. The van der Waals surface area contributed by atoms with Gasteiger partial charge in [-0.2, -0.15) is 0 Å². The number of rotatable bonds is 10. The normalized spacial score (nSPS) is 51.6. The average Bonchev–Trinajstić information content (AvgIpc) is 3.30. The maximum atomic E-state index is 11.1. The van der Waals surface area contributed by atoms with Gasteiger partial charge in [-0.15, -0.1) is 0 Å². The largest absolute Gasteiger partial charge is 0.394 e. The Morgan fingerprint density at radius 2 is 1.18 bits per heavy atom. The van der Waals surface area contributed by atoms with Crippen LogP contribution in [0.2, 0.25) is 0 Å². The molecule has 0 bridgehead atoms. The monoisotopic (exact) mass is 640 g/mol. The van der Waals surface area contributed by atoms with Crippen LogP contribution in [0.25, 0.3) is 10.4 Å². The number of azide groups is 1. The molecule has 3 aliphatic heterocycles. The Balaban J connectivity index is 1.50. The molecule has 0 unspecified atom stereocenters. The van der Waals surface area contributed by atoms with E-state index in [9.17, 15) is 35.7 Å². The molecule has 21 heteroatoms. The lowest BCUT2D eigenvalue weighted by atomic mass is 9.84. The first-order chi connectivity index (χ1) is 20.8. The van der Waals surface area contributed by atoms with E-state index in [1.165, 1.54) is 0 Å². The van der Waals surface area contributed by atoms with Crippen molar-refractivity contribution in [3.05, 3.63) is 10.4 Å². The number of hydrogen-bond donors (Lipinski definition) is 12. The van der Waals surface area contributed by atoms with E-state index in [4.69, 9.17) is 62.6 Å². The van der Waals surface area contributed by atoms with E-state index in [-0.39, 0.29) is 19.5 Å².